The van der Waals surface area contributed by atoms with Gasteiger partial charge in [-0.25, -0.2) is 13.1 Å². The van der Waals surface area contributed by atoms with Crippen LogP contribution < -0.4 is 15.2 Å². The first-order valence-corrected chi connectivity index (χ1v) is 8.13. The van der Waals surface area contributed by atoms with Gasteiger partial charge in [0.15, 0.2) is 0 Å². The van der Waals surface area contributed by atoms with Gasteiger partial charge in [-0.3, -0.25) is 0 Å². The summed E-state index contributed by atoms with van der Waals surface area (Å²) in [7, 11) is -2.06. The number of thioether (sulfide) groups is 1. The number of hydrogen-bond acceptors (Lipinski definition) is 5. The van der Waals surface area contributed by atoms with Gasteiger partial charge in [0.2, 0.25) is 10.0 Å². The molecule has 5 nitrogen and oxygen atoms in total. The zero-order chi connectivity index (χ0) is 13.8. The van der Waals surface area contributed by atoms with Crippen molar-refractivity contribution in [3.05, 3.63) is 18.2 Å². The first kappa shape index (κ1) is 15.1. The Balaban J connectivity index is 2.91. The molecule has 1 aromatic rings. The summed E-state index contributed by atoms with van der Waals surface area (Å²) in [5, 5.41) is 0.208. The molecule has 0 saturated carbocycles. The van der Waals surface area contributed by atoms with Crippen molar-refractivity contribution in [1.82, 2.24) is 4.72 Å². The number of anilines is 1. The average molecular weight is 290 g/mol. The van der Waals surface area contributed by atoms with Crippen molar-refractivity contribution in [2.75, 3.05) is 25.6 Å². The van der Waals surface area contributed by atoms with Crippen molar-refractivity contribution >= 4 is 27.5 Å². The Labute approximate surface area is 112 Å². The molecule has 0 radical (unpaired) electrons. The molecule has 102 valence electrons. The fourth-order valence-electron chi connectivity index (χ4n) is 1.29. The summed E-state index contributed by atoms with van der Waals surface area (Å²) in [5.41, 5.74) is 5.90. The number of rotatable bonds is 6. The predicted octanol–water partition coefficient (Wildman–Crippen LogP) is 1.31. The van der Waals surface area contributed by atoms with Gasteiger partial charge < -0.3 is 10.5 Å². The summed E-state index contributed by atoms with van der Waals surface area (Å²) in [5.74, 6) is 0.531. The lowest BCUT2D eigenvalue weighted by Gasteiger charge is -2.12. The van der Waals surface area contributed by atoms with E-state index in [0.29, 0.717) is 12.3 Å². The van der Waals surface area contributed by atoms with E-state index in [1.165, 1.54) is 19.2 Å². The highest BCUT2D eigenvalue weighted by molar-refractivity contribution is 7.99. The SMILES string of the molecule is COc1ccc(S(=O)(=O)NCC(C)SC)c(N)c1. The first-order valence-electron chi connectivity index (χ1n) is 5.36. The third-order valence-electron chi connectivity index (χ3n) is 2.47. The smallest absolute Gasteiger partial charge is 0.242 e. The Morgan fingerprint density at radius 2 is 2.17 bits per heavy atom. The zero-order valence-electron chi connectivity index (χ0n) is 10.6. The molecular formula is C11H18N2O3S2. The largest absolute Gasteiger partial charge is 0.497 e. The molecular weight excluding hydrogens is 272 g/mol. The molecule has 0 fully saturated rings. The highest BCUT2D eigenvalue weighted by Crippen LogP contribution is 2.23. The Morgan fingerprint density at radius 3 is 2.67 bits per heavy atom. The van der Waals surface area contributed by atoms with Crippen LogP contribution in [0.15, 0.2) is 23.1 Å². The minimum absolute atomic E-state index is 0.0802. The minimum atomic E-state index is -3.56. The number of methoxy groups -OCH3 is 1. The Bertz CT molecular complexity index is 503. The number of benzene rings is 1. The van der Waals surface area contributed by atoms with E-state index in [2.05, 4.69) is 4.72 Å². The van der Waals surface area contributed by atoms with Crippen LogP contribution in [-0.2, 0) is 10.0 Å². The second kappa shape index (κ2) is 6.31. The molecule has 18 heavy (non-hydrogen) atoms. The van der Waals surface area contributed by atoms with E-state index < -0.39 is 10.0 Å². The Kier molecular flexibility index (Phi) is 5.30. The second-order valence-electron chi connectivity index (χ2n) is 3.80. The van der Waals surface area contributed by atoms with Crippen LogP contribution in [0, 0.1) is 0 Å². The number of nitrogens with one attached hydrogen (secondary N) is 1. The maximum absolute atomic E-state index is 12.0. The van der Waals surface area contributed by atoms with Crippen LogP contribution >= 0.6 is 11.8 Å². The molecule has 1 aromatic carbocycles. The van der Waals surface area contributed by atoms with Gasteiger partial charge >= 0.3 is 0 Å². The van der Waals surface area contributed by atoms with E-state index in [0.717, 1.165) is 0 Å². The fourth-order valence-corrected chi connectivity index (χ4v) is 2.88. The van der Waals surface area contributed by atoms with Crippen molar-refractivity contribution in [1.29, 1.82) is 0 Å². The molecule has 7 heteroatoms. The van der Waals surface area contributed by atoms with Gasteiger partial charge in [0, 0.05) is 17.9 Å². The molecule has 3 N–H and O–H groups in total. The quantitative estimate of drug-likeness (QED) is 0.772. The molecule has 0 heterocycles. The molecule has 0 aliphatic rings. The fraction of sp³-hybridized carbons (Fsp3) is 0.455. The van der Waals surface area contributed by atoms with Crippen molar-refractivity contribution < 1.29 is 13.2 Å². The van der Waals surface area contributed by atoms with Crippen LogP contribution in [0.5, 0.6) is 5.75 Å². The van der Waals surface area contributed by atoms with Crippen LogP contribution in [0.4, 0.5) is 5.69 Å². The molecule has 0 bridgehead atoms. The summed E-state index contributed by atoms with van der Waals surface area (Å²) in [4.78, 5) is 0.0802. The maximum Gasteiger partial charge on any atom is 0.242 e. The highest BCUT2D eigenvalue weighted by atomic mass is 32.2. The first-order chi connectivity index (χ1) is 8.40. The van der Waals surface area contributed by atoms with Crippen molar-refractivity contribution in [2.45, 2.75) is 17.1 Å². The zero-order valence-corrected chi connectivity index (χ0v) is 12.3. The average Bonchev–Trinajstić information content (AvgIpc) is 2.35. The van der Waals surface area contributed by atoms with Gasteiger partial charge in [0.1, 0.15) is 10.6 Å². The van der Waals surface area contributed by atoms with Crippen LogP contribution in [-0.4, -0.2) is 33.6 Å². The third-order valence-corrected chi connectivity index (χ3v) is 4.94. The lowest BCUT2D eigenvalue weighted by atomic mass is 10.3. The van der Waals surface area contributed by atoms with Crippen molar-refractivity contribution in [3.63, 3.8) is 0 Å². The van der Waals surface area contributed by atoms with Crippen LogP contribution in [0.2, 0.25) is 0 Å². The molecule has 1 atom stereocenters. The maximum atomic E-state index is 12.0. The molecule has 0 saturated heterocycles. The Morgan fingerprint density at radius 1 is 1.50 bits per heavy atom. The van der Waals surface area contributed by atoms with Gasteiger partial charge in [0.25, 0.3) is 0 Å². The summed E-state index contributed by atoms with van der Waals surface area (Å²) in [6.07, 6.45) is 1.93. The van der Waals surface area contributed by atoms with Gasteiger partial charge in [-0.05, 0) is 18.4 Å². The van der Waals surface area contributed by atoms with Gasteiger partial charge in [0.05, 0.1) is 12.8 Å². The third kappa shape index (κ3) is 3.79. The van der Waals surface area contributed by atoms with Crippen molar-refractivity contribution in [2.24, 2.45) is 0 Å². The number of nitrogen functional groups attached to an aromatic ring is 1. The van der Waals surface area contributed by atoms with E-state index >= 15 is 0 Å². The molecule has 1 rings (SSSR count). The molecule has 0 amide bonds. The number of sulfonamides is 1. The molecule has 0 spiro atoms. The van der Waals surface area contributed by atoms with E-state index in [1.54, 1.807) is 17.8 Å². The lowest BCUT2D eigenvalue weighted by Crippen LogP contribution is -2.30. The Hall–Kier alpha value is -0.920. The number of ether oxygens (including phenoxy) is 1. The standard InChI is InChI=1S/C11H18N2O3S2/c1-8(17-3)7-13-18(14,15)11-5-4-9(16-2)6-10(11)12/h4-6,8,13H,7,12H2,1-3H3. The lowest BCUT2D eigenvalue weighted by molar-refractivity contribution is 0.414. The van der Waals surface area contributed by atoms with Crippen LogP contribution in [0.1, 0.15) is 6.92 Å². The monoisotopic (exact) mass is 290 g/mol. The van der Waals surface area contributed by atoms with E-state index in [-0.39, 0.29) is 15.8 Å². The molecule has 0 aliphatic heterocycles. The minimum Gasteiger partial charge on any atom is -0.497 e. The summed E-state index contributed by atoms with van der Waals surface area (Å²) in [6, 6.07) is 4.51. The van der Waals surface area contributed by atoms with Crippen molar-refractivity contribution in [3.8, 4) is 5.75 Å². The topological polar surface area (TPSA) is 81.4 Å². The van der Waals surface area contributed by atoms with Crippen LogP contribution in [0.3, 0.4) is 0 Å². The van der Waals surface area contributed by atoms with Crippen LogP contribution in [0.25, 0.3) is 0 Å². The van der Waals surface area contributed by atoms with Gasteiger partial charge in [-0.15, -0.1) is 0 Å². The molecule has 1 unspecified atom stereocenters. The number of hydrogen-bond donors (Lipinski definition) is 2. The molecule has 0 aromatic heterocycles. The summed E-state index contributed by atoms with van der Waals surface area (Å²) in [6.45, 7) is 2.32. The van der Waals surface area contributed by atoms with E-state index in [4.69, 9.17) is 10.5 Å². The van der Waals surface area contributed by atoms with Gasteiger partial charge in [-0.2, -0.15) is 11.8 Å². The highest BCUT2D eigenvalue weighted by Gasteiger charge is 2.18. The van der Waals surface area contributed by atoms with Gasteiger partial charge in [-0.1, -0.05) is 6.92 Å². The predicted molar refractivity (Wildman–Crippen MR) is 75.6 cm³/mol. The number of nitrogens with two attached hydrogens (primary N) is 1. The van der Waals surface area contributed by atoms with E-state index in [1.807, 2.05) is 13.2 Å². The normalized spacial score (nSPS) is 13.3. The summed E-state index contributed by atoms with van der Waals surface area (Å²) < 4.78 is 31.6. The second-order valence-corrected chi connectivity index (χ2v) is 6.81. The van der Waals surface area contributed by atoms with E-state index in [9.17, 15) is 8.42 Å². The summed E-state index contributed by atoms with van der Waals surface area (Å²) >= 11 is 1.59. The molecule has 0 aliphatic carbocycles.